The Balaban J connectivity index is 2.34. The summed E-state index contributed by atoms with van der Waals surface area (Å²) in [6, 6.07) is 11.3. The van der Waals surface area contributed by atoms with Gasteiger partial charge in [-0.25, -0.2) is 8.42 Å². The minimum absolute atomic E-state index is 0.0788. The molecule has 0 aliphatic rings. The van der Waals surface area contributed by atoms with Crippen molar-refractivity contribution in [3.8, 4) is 5.75 Å². The van der Waals surface area contributed by atoms with Gasteiger partial charge in [0.05, 0.1) is 17.3 Å². The molecule has 0 atom stereocenters. The summed E-state index contributed by atoms with van der Waals surface area (Å²) in [4.78, 5) is 12.6. The summed E-state index contributed by atoms with van der Waals surface area (Å²) in [6.07, 6.45) is 0.839. The third kappa shape index (κ3) is 5.04. The van der Waals surface area contributed by atoms with Crippen LogP contribution in [0.5, 0.6) is 5.75 Å². The first-order valence-corrected chi connectivity index (χ1v) is 11.0. The molecular weight excluding hydrogens is 400 g/mol. The number of carbonyl (C=O) groups excluding carboxylic acids is 1. The summed E-state index contributed by atoms with van der Waals surface area (Å²) >= 11 is 6.13. The van der Waals surface area contributed by atoms with E-state index in [1.807, 2.05) is 13.0 Å². The first-order chi connectivity index (χ1) is 13.3. The zero-order valence-corrected chi connectivity index (χ0v) is 17.8. The van der Waals surface area contributed by atoms with Gasteiger partial charge >= 0.3 is 0 Å². The Kier molecular flexibility index (Phi) is 7.86. The number of para-hydroxylation sites is 2. The molecule has 0 saturated heterocycles. The van der Waals surface area contributed by atoms with Gasteiger partial charge in [0.15, 0.2) is 0 Å². The third-order valence-corrected chi connectivity index (χ3v) is 6.65. The second kappa shape index (κ2) is 9.91. The Bertz CT molecular complexity index is 928. The van der Waals surface area contributed by atoms with E-state index in [2.05, 4.69) is 5.32 Å². The van der Waals surface area contributed by atoms with E-state index in [-0.39, 0.29) is 15.5 Å². The van der Waals surface area contributed by atoms with E-state index in [0.29, 0.717) is 31.1 Å². The molecule has 28 heavy (non-hydrogen) atoms. The molecule has 2 aromatic carbocycles. The van der Waals surface area contributed by atoms with Gasteiger partial charge in [-0.15, -0.1) is 0 Å². The van der Waals surface area contributed by atoms with Crippen LogP contribution in [0.3, 0.4) is 0 Å². The molecule has 0 aliphatic carbocycles. The fraction of sp³-hybridized carbons (Fsp3) is 0.350. The number of nitrogens with one attached hydrogen (secondary N) is 1. The van der Waals surface area contributed by atoms with E-state index in [1.165, 1.54) is 22.5 Å². The lowest BCUT2D eigenvalue weighted by molar-refractivity contribution is 0.102. The highest BCUT2D eigenvalue weighted by Crippen LogP contribution is 2.28. The lowest BCUT2D eigenvalue weighted by atomic mass is 10.2. The van der Waals surface area contributed by atoms with Gasteiger partial charge < -0.3 is 10.1 Å². The number of amides is 1. The first-order valence-electron chi connectivity index (χ1n) is 9.18. The smallest absolute Gasteiger partial charge is 0.255 e. The molecule has 0 heterocycles. The van der Waals surface area contributed by atoms with Crippen LogP contribution in [0, 0.1) is 0 Å². The van der Waals surface area contributed by atoms with E-state index in [1.54, 1.807) is 32.0 Å². The summed E-state index contributed by atoms with van der Waals surface area (Å²) < 4.78 is 32.6. The largest absolute Gasteiger partial charge is 0.491 e. The maximum Gasteiger partial charge on any atom is 0.255 e. The van der Waals surface area contributed by atoms with Gasteiger partial charge in [-0.1, -0.05) is 44.5 Å². The number of carbonyl (C=O) groups is 1. The van der Waals surface area contributed by atoms with E-state index in [9.17, 15) is 13.2 Å². The number of ether oxygens (including phenoxy) is 1. The molecule has 1 N–H and O–H groups in total. The average molecular weight is 425 g/mol. The molecule has 0 fully saturated rings. The molecule has 1 amide bonds. The zero-order valence-electron chi connectivity index (χ0n) is 16.2. The van der Waals surface area contributed by atoms with Crippen molar-refractivity contribution in [1.82, 2.24) is 4.31 Å². The van der Waals surface area contributed by atoms with Crippen molar-refractivity contribution in [2.45, 2.75) is 32.1 Å². The molecule has 0 aromatic heterocycles. The van der Waals surface area contributed by atoms with Gasteiger partial charge in [0.2, 0.25) is 10.0 Å². The van der Waals surface area contributed by atoms with E-state index in [4.69, 9.17) is 16.3 Å². The van der Waals surface area contributed by atoms with Crippen molar-refractivity contribution in [2.75, 3.05) is 25.0 Å². The third-order valence-electron chi connectivity index (χ3n) is 4.11. The standard InChI is InChI=1S/C20H25ClN2O4S/c1-4-13-27-18-10-8-7-9-17(18)22-20(24)15-11-12-16(21)19(14-15)28(25,26)23(5-2)6-3/h7-12,14H,4-6,13H2,1-3H3,(H,22,24). The number of hydrogen-bond donors (Lipinski definition) is 1. The number of sulfonamides is 1. The normalized spacial score (nSPS) is 11.5. The maximum absolute atomic E-state index is 12.8. The van der Waals surface area contributed by atoms with Crippen molar-refractivity contribution in [3.63, 3.8) is 0 Å². The fourth-order valence-corrected chi connectivity index (χ4v) is 4.61. The van der Waals surface area contributed by atoms with Gasteiger partial charge in [0.25, 0.3) is 5.91 Å². The van der Waals surface area contributed by atoms with Gasteiger partial charge in [-0.3, -0.25) is 4.79 Å². The van der Waals surface area contributed by atoms with E-state index >= 15 is 0 Å². The Hall–Kier alpha value is -2.09. The highest BCUT2D eigenvalue weighted by atomic mass is 35.5. The van der Waals surface area contributed by atoms with E-state index < -0.39 is 15.9 Å². The molecule has 8 heteroatoms. The predicted octanol–water partition coefficient (Wildman–Crippen LogP) is 4.41. The maximum atomic E-state index is 12.8. The van der Waals surface area contributed by atoms with Crippen molar-refractivity contribution in [3.05, 3.63) is 53.1 Å². The van der Waals surface area contributed by atoms with Crippen molar-refractivity contribution >= 4 is 33.2 Å². The average Bonchev–Trinajstić information content (AvgIpc) is 2.68. The molecule has 6 nitrogen and oxygen atoms in total. The molecule has 0 bridgehead atoms. The SMILES string of the molecule is CCCOc1ccccc1NC(=O)c1ccc(Cl)c(S(=O)(=O)N(CC)CC)c1. The lowest BCUT2D eigenvalue weighted by Gasteiger charge is -2.19. The summed E-state index contributed by atoms with van der Waals surface area (Å²) in [7, 11) is -3.78. The molecule has 2 aromatic rings. The Labute approximate surface area is 171 Å². The number of rotatable bonds is 9. The highest BCUT2D eigenvalue weighted by molar-refractivity contribution is 7.89. The Morgan fingerprint density at radius 1 is 1.11 bits per heavy atom. The molecule has 0 saturated carbocycles. The topological polar surface area (TPSA) is 75.7 Å². The minimum Gasteiger partial charge on any atom is -0.491 e. The number of anilines is 1. The van der Waals surface area contributed by atoms with Crippen LogP contribution in [0.1, 0.15) is 37.6 Å². The Morgan fingerprint density at radius 2 is 1.79 bits per heavy atom. The molecule has 0 aliphatic heterocycles. The molecule has 0 spiro atoms. The van der Waals surface area contributed by atoms with Crippen LogP contribution in [0.25, 0.3) is 0 Å². The van der Waals surface area contributed by atoms with Gasteiger partial charge in [-0.2, -0.15) is 4.31 Å². The highest BCUT2D eigenvalue weighted by Gasteiger charge is 2.25. The van der Waals surface area contributed by atoms with Gasteiger partial charge in [-0.05, 0) is 36.8 Å². The van der Waals surface area contributed by atoms with Gasteiger partial charge in [0.1, 0.15) is 10.6 Å². The summed E-state index contributed by atoms with van der Waals surface area (Å²) in [5.74, 6) is 0.114. The zero-order chi connectivity index (χ0) is 20.7. The number of nitrogens with zero attached hydrogens (tertiary/aromatic N) is 1. The summed E-state index contributed by atoms with van der Waals surface area (Å²) in [5, 5.41) is 2.85. The van der Waals surface area contributed by atoms with Crippen molar-refractivity contribution < 1.29 is 17.9 Å². The number of halogens is 1. The minimum atomic E-state index is -3.78. The van der Waals surface area contributed by atoms with Crippen molar-refractivity contribution in [1.29, 1.82) is 0 Å². The van der Waals surface area contributed by atoms with Crippen LogP contribution in [-0.4, -0.2) is 38.3 Å². The fourth-order valence-electron chi connectivity index (χ4n) is 2.65. The molecule has 0 radical (unpaired) electrons. The molecular formula is C20H25ClN2O4S. The van der Waals surface area contributed by atoms with Crippen LogP contribution >= 0.6 is 11.6 Å². The first kappa shape index (κ1) is 22.2. The number of hydrogen-bond acceptors (Lipinski definition) is 4. The predicted molar refractivity (Wildman–Crippen MR) is 112 cm³/mol. The second-order valence-corrected chi connectivity index (χ2v) is 8.35. The number of benzene rings is 2. The monoisotopic (exact) mass is 424 g/mol. The molecule has 2 rings (SSSR count). The lowest BCUT2D eigenvalue weighted by Crippen LogP contribution is -2.31. The Morgan fingerprint density at radius 3 is 2.43 bits per heavy atom. The van der Waals surface area contributed by atoms with E-state index in [0.717, 1.165) is 6.42 Å². The quantitative estimate of drug-likeness (QED) is 0.646. The molecule has 152 valence electrons. The van der Waals surface area contributed by atoms with Crippen LogP contribution in [0.2, 0.25) is 5.02 Å². The van der Waals surface area contributed by atoms with Gasteiger partial charge in [0, 0.05) is 18.7 Å². The van der Waals surface area contributed by atoms with Crippen LogP contribution in [0.4, 0.5) is 5.69 Å². The summed E-state index contributed by atoms with van der Waals surface area (Å²) in [5.41, 5.74) is 0.712. The van der Waals surface area contributed by atoms with Crippen LogP contribution in [-0.2, 0) is 10.0 Å². The molecule has 0 unspecified atom stereocenters. The van der Waals surface area contributed by atoms with Crippen LogP contribution in [0.15, 0.2) is 47.4 Å². The van der Waals surface area contributed by atoms with Crippen LogP contribution < -0.4 is 10.1 Å². The summed E-state index contributed by atoms with van der Waals surface area (Å²) in [6.45, 7) is 6.64. The van der Waals surface area contributed by atoms with Crippen molar-refractivity contribution in [2.24, 2.45) is 0 Å². The second-order valence-electron chi connectivity index (χ2n) is 6.03.